The van der Waals surface area contributed by atoms with E-state index in [0.29, 0.717) is 5.69 Å². The molecule has 6 nitrogen and oxygen atoms in total. The molecule has 3 aromatic rings. The Morgan fingerprint density at radius 1 is 0.971 bits per heavy atom. The van der Waals surface area contributed by atoms with Gasteiger partial charge in [0.1, 0.15) is 23.8 Å². The minimum atomic E-state index is -1.18. The molecular weight excluding hydrogens is 508 g/mol. The van der Waals surface area contributed by atoms with Crippen molar-refractivity contribution in [1.82, 2.24) is 5.32 Å². The van der Waals surface area contributed by atoms with Crippen LogP contribution in [-0.4, -0.2) is 17.6 Å². The highest BCUT2D eigenvalue weighted by Gasteiger charge is 2.19. The van der Waals surface area contributed by atoms with E-state index in [0.717, 1.165) is 39.5 Å². The van der Waals surface area contributed by atoms with E-state index in [1.165, 1.54) is 0 Å². The van der Waals surface area contributed by atoms with Gasteiger partial charge in [0.25, 0.3) is 5.91 Å². The topological polar surface area (TPSA) is 79.8 Å². The summed E-state index contributed by atoms with van der Waals surface area (Å²) in [6.45, 7) is 4.27. The molecule has 3 rings (SSSR count). The molecule has 0 spiro atoms. The van der Waals surface area contributed by atoms with Gasteiger partial charge in [0.05, 0.1) is 5.71 Å². The van der Waals surface area contributed by atoms with Gasteiger partial charge in [-0.05, 0) is 53.4 Å². The molecule has 0 radical (unpaired) electrons. The molecule has 0 aliphatic carbocycles. The van der Waals surface area contributed by atoms with E-state index in [2.05, 4.69) is 26.4 Å². The molecule has 9 heteroatoms. The third kappa shape index (κ3) is 6.71. The second-order valence-electron chi connectivity index (χ2n) is 7.61. The lowest BCUT2D eigenvalue weighted by atomic mass is 10.0. The number of hydrogen-bond acceptors (Lipinski definition) is 4. The summed E-state index contributed by atoms with van der Waals surface area (Å²) in [4.78, 5) is 29.6. The second kappa shape index (κ2) is 11.5. The lowest BCUT2D eigenvalue weighted by molar-refractivity contribution is 0.0959. The van der Waals surface area contributed by atoms with Crippen molar-refractivity contribution in [1.29, 1.82) is 0 Å². The van der Waals surface area contributed by atoms with Gasteiger partial charge in [0, 0.05) is 10.2 Å². The van der Waals surface area contributed by atoms with E-state index in [1.807, 2.05) is 43.4 Å². The van der Waals surface area contributed by atoms with Gasteiger partial charge >= 0.3 is 6.03 Å². The highest BCUT2D eigenvalue weighted by atomic mass is 79.9. The summed E-state index contributed by atoms with van der Waals surface area (Å²) in [6.07, 6.45) is 0. The molecule has 0 heterocycles. The summed E-state index contributed by atoms with van der Waals surface area (Å²) >= 11 is 3.42. The average Bonchev–Trinajstić information content (AvgIpc) is 2.78. The number of imide groups is 1. The van der Waals surface area contributed by atoms with Crippen LogP contribution in [0, 0.1) is 17.6 Å². The van der Waals surface area contributed by atoms with E-state index in [1.54, 1.807) is 24.3 Å². The van der Waals surface area contributed by atoms with Crippen molar-refractivity contribution < 1.29 is 23.2 Å². The molecule has 0 fully saturated rings. The Morgan fingerprint density at radius 2 is 1.59 bits per heavy atom. The number of nitrogens with zero attached hydrogens (tertiary/aromatic N) is 1. The third-order valence-electron chi connectivity index (χ3n) is 4.71. The number of carbonyl (C=O) groups excluding carboxylic acids is 2. The van der Waals surface area contributed by atoms with Crippen LogP contribution in [0.5, 0.6) is 0 Å². The molecule has 0 saturated carbocycles. The maximum absolute atomic E-state index is 13.7. The van der Waals surface area contributed by atoms with Crippen molar-refractivity contribution in [3.8, 4) is 0 Å². The lowest BCUT2D eigenvalue weighted by Crippen LogP contribution is -2.35. The summed E-state index contributed by atoms with van der Waals surface area (Å²) in [5, 5.41) is 8.63. The number of amides is 3. The molecular formula is C25H22BrF2N3O3. The quantitative estimate of drug-likeness (QED) is 0.279. The zero-order chi connectivity index (χ0) is 24.7. The van der Waals surface area contributed by atoms with E-state index in [9.17, 15) is 18.4 Å². The second-order valence-corrected chi connectivity index (χ2v) is 8.53. The van der Waals surface area contributed by atoms with E-state index in [-0.39, 0.29) is 12.5 Å². The lowest BCUT2D eigenvalue weighted by Gasteiger charge is -2.11. The summed E-state index contributed by atoms with van der Waals surface area (Å²) in [5.41, 5.74) is 2.14. The van der Waals surface area contributed by atoms with Crippen molar-refractivity contribution in [2.45, 2.75) is 20.5 Å². The molecule has 0 aliphatic rings. The minimum absolute atomic E-state index is 0.159. The Hall–Kier alpha value is -3.59. The average molecular weight is 530 g/mol. The van der Waals surface area contributed by atoms with Gasteiger partial charge in [-0.25, -0.2) is 13.6 Å². The fourth-order valence-corrected chi connectivity index (χ4v) is 3.28. The van der Waals surface area contributed by atoms with Crippen molar-refractivity contribution in [2.75, 3.05) is 5.32 Å². The Morgan fingerprint density at radius 3 is 2.18 bits per heavy atom. The van der Waals surface area contributed by atoms with Gasteiger partial charge in [-0.2, -0.15) is 0 Å². The Bertz CT molecular complexity index is 1180. The highest BCUT2D eigenvalue weighted by molar-refractivity contribution is 9.10. The van der Waals surface area contributed by atoms with Crippen LogP contribution in [0.1, 0.15) is 35.3 Å². The minimum Gasteiger partial charge on any atom is -0.391 e. The van der Waals surface area contributed by atoms with E-state index in [4.69, 9.17) is 4.84 Å². The number of carbonyl (C=O) groups is 2. The maximum Gasteiger partial charge on any atom is 0.326 e. The number of nitrogens with one attached hydrogen (secondary N) is 2. The molecule has 176 valence electrons. The van der Waals surface area contributed by atoms with Gasteiger partial charge in [-0.15, -0.1) is 0 Å². The van der Waals surface area contributed by atoms with Gasteiger partial charge in [-0.3, -0.25) is 10.1 Å². The van der Waals surface area contributed by atoms with Crippen LogP contribution in [0.15, 0.2) is 76.4 Å². The predicted molar refractivity (Wildman–Crippen MR) is 130 cm³/mol. The standard InChI is InChI=1S/C25H22BrF2N3O3/c1-15(2)23(17-8-10-18(26)11-9-17)31-34-14-16-6-12-19(13-7-16)29-25(33)30-24(32)22-20(27)4-3-5-21(22)28/h3-13,15H,14H2,1-2H3,(H2,29,30,32,33)/b31-23-. The molecule has 0 atom stereocenters. The van der Waals surface area contributed by atoms with Crippen LogP contribution in [-0.2, 0) is 11.4 Å². The van der Waals surface area contributed by atoms with Gasteiger partial charge in [0.15, 0.2) is 0 Å². The predicted octanol–water partition coefficient (Wildman–Crippen LogP) is 6.27. The van der Waals surface area contributed by atoms with Gasteiger partial charge < -0.3 is 10.2 Å². The Balaban J connectivity index is 1.56. The highest BCUT2D eigenvalue weighted by Crippen LogP contribution is 2.16. The summed E-state index contributed by atoms with van der Waals surface area (Å²) < 4.78 is 28.3. The number of oxime groups is 1. The first-order valence-corrected chi connectivity index (χ1v) is 11.1. The molecule has 0 aromatic heterocycles. The zero-order valence-electron chi connectivity index (χ0n) is 18.4. The van der Waals surface area contributed by atoms with Crippen LogP contribution in [0.3, 0.4) is 0 Å². The summed E-state index contributed by atoms with van der Waals surface area (Å²) in [6, 6.07) is 16.5. The van der Waals surface area contributed by atoms with Gasteiger partial charge in [0.2, 0.25) is 0 Å². The van der Waals surface area contributed by atoms with Crippen LogP contribution in [0.25, 0.3) is 0 Å². The SMILES string of the molecule is CC(C)/C(=N/OCc1ccc(NC(=O)NC(=O)c2c(F)cccc2F)cc1)c1ccc(Br)cc1. The largest absolute Gasteiger partial charge is 0.391 e. The molecule has 2 N–H and O–H groups in total. The third-order valence-corrected chi connectivity index (χ3v) is 5.24. The van der Waals surface area contributed by atoms with Crippen LogP contribution < -0.4 is 10.6 Å². The maximum atomic E-state index is 13.7. The Labute approximate surface area is 204 Å². The summed E-state index contributed by atoms with van der Waals surface area (Å²) in [5.74, 6) is -3.13. The number of hydrogen-bond donors (Lipinski definition) is 2. The van der Waals surface area contributed by atoms with Crippen LogP contribution >= 0.6 is 15.9 Å². The summed E-state index contributed by atoms with van der Waals surface area (Å²) in [7, 11) is 0. The zero-order valence-corrected chi connectivity index (χ0v) is 20.0. The molecule has 3 aromatic carbocycles. The number of anilines is 1. The fourth-order valence-electron chi connectivity index (χ4n) is 3.02. The number of benzene rings is 3. The normalized spacial score (nSPS) is 11.3. The van der Waals surface area contributed by atoms with Crippen molar-refractivity contribution >= 4 is 39.3 Å². The van der Waals surface area contributed by atoms with Crippen molar-refractivity contribution in [3.05, 3.63) is 99.5 Å². The molecule has 0 saturated heterocycles. The number of rotatable bonds is 7. The Kier molecular flexibility index (Phi) is 8.48. The first kappa shape index (κ1) is 25.0. The van der Waals surface area contributed by atoms with Crippen LogP contribution in [0.2, 0.25) is 0 Å². The van der Waals surface area contributed by atoms with Gasteiger partial charge in [-0.1, -0.05) is 65.3 Å². The first-order valence-electron chi connectivity index (χ1n) is 10.4. The van der Waals surface area contributed by atoms with Crippen molar-refractivity contribution in [3.63, 3.8) is 0 Å². The molecule has 34 heavy (non-hydrogen) atoms. The first-order chi connectivity index (χ1) is 16.2. The number of halogens is 3. The van der Waals surface area contributed by atoms with Crippen LogP contribution in [0.4, 0.5) is 19.3 Å². The van der Waals surface area contributed by atoms with Crippen molar-refractivity contribution in [2.24, 2.45) is 11.1 Å². The van der Waals surface area contributed by atoms with E-state index >= 15 is 0 Å². The molecule has 0 aliphatic heterocycles. The molecule has 3 amide bonds. The molecule has 0 unspecified atom stereocenters. The smallest absolute Gasteiger partial charge is 0.326 e. The number of urea groups is 1. The molecule has 0 bridgehead atoms. The monoisotopic (exact) mass is 529 g/mol. The van der Waals surface area contributed by atoms with E-state index < -0.39 is 29.1 Å². The fraction of sp³-hybridized carbons (Fsp3) is 0.160.